The third-order valence-corrected chi connectivity index (χ3v) is 6.64. The summed E-state index contributed by atoms with van der Waals surface area (Å²) in [4.78, 5) is 0. The molecule has 2 heteroatoms. The van der Waals surface area contributed by atoms with Crippen molar-refractivity contribution in [3.63, 3.8) is 0 Å². The van der Waals surface area contributed by atoms with Gasteiger partial charge in [-0.1, -0.05) is 48.0 Å². The highest BCUT2D eigenvalue weighted by Gasteiger charge is 2.25. The summed E-state index contributed by atoms with van der Waals surface area (Å²) in [6.07, 6.45) is 0. The average molecular weight is 401 g/mol. The summed E-state index contributed by atoms with van der Waals surface area (Å²) in [6.45, 7) is 2.18. The summed E-state index contributed by atoms with van der Waals surface area (Å²) in [5, 5.41) is 5.15. The molecule has 0 amide bonds. The second-order valence-electron chi connectivity index (χ2n) is 8.44. The number of nitrogens with zero attached hydrogens (tertiary/aromatic N) is 2. The zero-order valence-electron chi connectivity index (χ0n) is 18.1. The summed E-state index contributed by atoms with van der Waals surface area (Å²) < 4.78 is 4.63. The third-order valence-electron chi connectivity index (χ3n) is 6.64. The minimum absolute atomic E-state index is 1.24. The molecule has 0 aliphatic carbocycles. The highest BCUT2D eigenvalue weighted by atomic mass is 14.9. The Hall–Kier alpha value is -3.78. The zero-order valence-corrected chi connectivity index (χ0v) is 18.1. The Kier molecular flexibility index (Phi) is 3.85. The van der Waals surface area contributed by atoms with Crippen LogP contribution in [0.3, 0.4) is 0 Å². The van der Waals surface area contributed by atoms with E-state index in [1.54, 1.807) is 0 Å². The van der Waals surface area contributed by atoms with Gasteiger partial charge in [-0.3, -0.25) is 0 Å². The molecule has 2 nitrogen and oxygen atoms in total. The van der Waals surface area contributed by atoms with Gasteiger partial charge < -0.3 is 0 Å². The van der Waals surface area contributed by atoms with Crippen molar-refractivity contribution < 1.29 is 9.13 Å². The number of para-hydroxylation sites is 3. The van der Waals surface area contributed by atoms with Crippen molar-refractivity contribution in [3.8, 4) is 11.1 Å². The number of rotatable bonds is 1. The smallest absolute Gasteiger partial charge is 0.194 e. The molecule has 148 valence electrons. The lowest BCUT2D eigenvalue weighted by Crippen LogP contribution is -2.31. The molecule has 0 bridgehead atoms. The summed E-state index contributed by atoms with van der Waals surface area (Å²) in [6, 6.07) is 33.1. The van der Waals surface area contributed by atoms with Gasteiger partial charge in [0.05, 0.1) is 21.5 Å². The van der Waals surface area contributed by atoms with E-state index < -0.39 is 0 Å². The van der Waals surface area contributed by atoms with Crippen LogP contribution >= 0.6 is 0 Å². The first kappa shape index (κ1) is 18.0. The predicted molar refractivity (Wildman–Crippen MR) is 129 cm³/mol. The largest absolute Gasteiger partial charge is 0.213 e. The van der Waals surface area contributed by atoms with Crippen LogP contribution in [0.15, 0.2) is 91.0 Å². The number of hydrogen-bond acceptors (Lipinski definition) is 0. The van der Waals surface area contributed by atoms with E-state index in [9.17, 15) is 0 Å². The first-order valence-corrected chi connectivity index (χ1v) is 10.8. The number of benzene rings is 4. The van der Waals surface area contributed by atoms with Gasteiger partial charge in [-0.15, -0.1) is 0 Å². The fraction of sp³-hybridized carbons (Fsp3) is 0.103. The van der Waals surface area contributed by atoms with Gasteiger partial charge in [-0.05, 0) is 31.2 Å². The molecule has 0 unspecified atom stereocenters. The van der Waals surface area contributed by atoms with Gasteiger partial charge in [0.15, 0.2) is 0 Å². The Labute approximate surface area is 181 Å². The molecule has 2 aromatic heterocycles. The maximum absolute atomic E-state index is 2.34. The van der Waals surface area contributed by atoms with Gasteiger partial charge >= 0.3 is 0 Å². The van der Waals surface area contributed by atoms with Crippen LogP contribution in [0.25, 0.3) is 54.7 Å². The number of fused-ring (bicyclic) bond motifs is 4. The maximum Gasteiger partial charge on any atom is 0.213 e. The second kappa shape index (κ2) is 6.61. The summed E-state index contributed by atoms with van der Waals surface area (Å²) in [7, 11) is 4.34. The van der Waals surface area contributed by atoms with Crippen LogP contribution in [0.5, 0.6) is 0 Å². The molecule has 0 saturated carbocycles. The van der Waals surface area contributed by atoms with Crippen molar-refractivity contribution in [1.29, 1.82) is 0 Å². The Bertz CT molecular complexity index is 1600. The molecule has 0 spiro atoms. The topological polar surface area (TPSA) is 7.76 Å². The molecule has 6 aromatic rings. The SMILES string of the molecule is Cc1ccc2c(c1)c(-c1c3ccccc3[n+](C)c3ccccc13)c1ccccc1[n+]2C. The first-order valence-electron chi connectivity index (χ1n) is 10.8. The fourth-order valence-corrected chi connectivity index (χ4v) is 5.16. The van der Waals surface area contributed by atoms with E-state index >= 15 is 0 Å². The lowest BCUT2D eigenvalue weighted by Gasteiger charge is -2.15. The van der Waals surface area contributed by atoms with Gasteiger partial charge in [-0.25, -0.2) is 0 Å². The van der Waals surface area contributed by atoms with Crippen molar-refractivity contribution in [2.75, 3.05) is 0 Å². The molecule has 0 aliphatic heterocycles. The zero-order chi connectivity index (χ0) is 21.1. The van der Waals surface area contributed by atoms with E-state index in [1.165, 1.54) is 60.3 Å². The van der Waals surface area contributed by atoms with Gasteiger partial charge in [0.1, 0.15) is 14.1 Å². The molecule has 0 radical (unpaired) electrons. The highest BCUT2D eigenvalue weighted by molar-refractivity contribution is 6.18. The van der Waals surface area contributed by atoms with Crippen LogP contribution in [0.2, 0.25) is 0 Å². The molecule has 0 N–H and O–H groups in total. The number of aryl methyl sites for hydroxylation is 3. The lowest BCUT2D eigenvalue weighted by molar-refractivity contribution is -0.617. The van der Waals surface area contributed by atoms with Crippen LogP contribution in [-0.2, 0) is 14.1 Å². The van der Waals surface area contributed by atoms with Crippen LogP contribution in [0.4, 0.5) is 0 Å². The number of aromatic nitrogens is 2. The van der Waals surface area contributed by atoms with Gasteiger partial charge in [0.25, 0.3) is 0 Å². The first-order chi connectivity index (χ1) is 15.1. The summed E-state index contributed by atoms with van der Waals surface area (Å²) in [5.74, 6) is 0. The van der Waals surface area contributed by atoms with Gasteiger partial charge in [-0.2, -0.15) is 9.13 Å². The van der Waals surface area contributed by atoms with Crippen LogP contribution in [0, 0.1) is 6.92 Å². The Morgan fingerprint density at radius 3 is 1.32 bits per heavy atom. The molecule has 6 rings (SSSR count). The van der Waals surface area contributed by atoms with Crippen molar-refractivity contribution in [3.05, 3.63) is 96.6 Å². The molecule has 0 aliphatic rings. The molecule has 4 aromatic carbocycles. The van der Waals surface area contributed by atoms with E-state index in [2.05, 4.69) is 121 Å². The summed E-state index contributed by atoms with van der Waals surface area (Å²) in [5.41, 5.74) is 8.90. The fourth-order valence-electron chi connectivity index (χ4n) is 5.16. The van der Waals surface area contributed by atoms with Gasteiger partial charge in [0.2, 0.25) is 22.1 Å². The quantitative estimate of drug-likeness (QED) is 0.239. The molecule has 0 saturated heterocycles. The minimum atomic E-state index is 1.24. The van der Waals surface area contributed by atoms with Crippen molar-refractivity contribution in [1.82, 2.24) is 0 Å². The third kappa shape index (κ3) is 2.51. The standard InChI is InChI=1S/C29H24N2/c1-19-16-17-27-23(18-19)29(22-12-6-9-15-26(22)31(27)3)28-20-10-4-7-13-24(20)30(2)25-14-8-5-11-21(25)28/h4-18H,1-3H3/q+2. The molecule has 0 fully saturated rings. The van der Waals surface area contributed by atoms with E-state index in [1.807, 2.05) is 0 Å². The average Bonchev–Trinajstić information content (AvgIpc) is 2.81. The van der Waals surface area contributed by atoms with Crippen molar-refractivity contribution >= 4 is 43.6 Å². The highest BCUT2D eigenvalue weighted by Crippen LogP contribution is 2.41. The Morgan fingerprint density at radius 2 is 0.839 bits per heavy atom. The monoisotopic (exact) mass is 400 g/mol. The number of hydrogen-bond donors (Lipinski definition) is 0. The number of pyridine rings is 2. The van der Waals surface area contributed by atoms with E-state index in [0.717, 1.165) is 0 Å². The van der Waals surface area contributed by atoms with Crippen LogP contribution in [0.1, 0.15) is 5.56 Å². The molecular weight excluding hydrogens is 376 g/mol. The molecule has 2 heterocycles. The predicted octanol–water partition coefficient (Wildman–Crippen LogP) is 5.92. The molecule has 0 atom stereocenters. The van der Waals surface area contributed by atoms with Crippen LogP contribution < -0.4 is 9.13 Å². The maximum atomic E-state index is 2.34. The van der Waals surface area contributed by atoms with Crippen molar-refractivity contribution in [2.45, 2.75) is 6.92 Å². The molecular formula is C29H24N2+2. The van der Waals surface area contributed by atoms with Crippen LogP contribution in [-0.4, -0.2) is 0 Å². The van der Waals surface area contributed by atoms with E-state index in [4.69, 9.17) is 0 Å². The second-order valence-corrected chi connectivity index (χ2v) is 8.44. The Morgan fingerprint density at radius 1 is 0.452 bits per heavy atom. The van der Waals surface area contributed by atoms with Gasteiger partial charge in [0, 0.05) is 35.4 Å². The summed E-state index contributed by atoms with van der Waals surface area (Å²) >= 11 is 0. The van der Waals surface area contributed by atoms with E-state index in [0.29, 0.717) is 0 Å². The van der Waals surface area contributed by atoms with Crippen molar-refractivity contribution in [2.24, 2.45) is 14.1 Å². The minimum Gasteiger partial charge on any atom is -0.194 e. The normalized spacial score (nSPS) is 11.7. The van der Waals surface area contributed by atoms with E-state index in [-0.39, 0.29) is 0 Å². The molecule has 31 heavy (non-hydrogen) atoms. The Balaban J connectivity index is 1.98. The lowest BCUT2D eigenvalue weighted by atomic mass is 9.90.